The highest BCUT2D eigenvalue weighted by Crippen LogP contribution is 2.29. The Kier molecular flexibility index (Phi) is 4.04. The topological polar surface area (TPSA) is 61.8 Å². The third kappa shape index (κ3) is 3.28. The van der Waals surface area contributed by atoms with Crippen LogP contribution >= 0.6 is 0 Å². The first-order chi connectivity index (χ1) is 7.35. The van der Waals surface area contributed by atoms with Gasteiger partial charge in [-0.1, -0.05) is 0 Å². The second-order valence-corrected chi connectivity index (χ2v) is 4.40. The Morgan fingerprint density at radius 1 is 1.50 bits per heavy atom. The van der Waals surface area contributed by atoms with Crippen molar-refractivity contribution in [2.45, 2.75) is 39.1 Å². The fraction of sp³-hybridized carbons (Fsp3) is 0.818. The van der Waals surface area contributed by atoms with Crippen molar-refractivity contribution in [1.82, 2.24) is 0 Å². The van der Waals surface area contributed by atoms with Crippen molar-refractivity contribution in [2.24, 2.45) is 5.92 Å². The van der Waals surface area contributed by atoms with Crippen LogP contribution in [-0.4, -0.2) is 37.4 Å². The monoisotopic (exact) mass is 230 g/mol. The van der Waals surface area contributed by atoms with Gasteiger partial charge in [0, 0.05) is 6.42 Å². The molecule has 0 radical (unpaired) electrons. The van der Waals surface area contributed by atoms with E-state index in [1.54, 1.807) is 13.8 Å². The number of methoxy groups -OCH3 is 1. The molecule has 0 aromatic rings. The van der Waals surface area contributed by atoms with Gasteiger partial charge in [-0.15, -0.1) is 0 Å². The van der Waals surface area contributed by atoms with E-state index in [9.17, 15) is 9.59 Å². The predicted molar refractivity (Wildman–Crippen MR) is 55.7 cm³/mol. The van der Waals surface area contributed by atoms with Crippen LogP contribution in [0.1, 0.15) is 27.2 Å². The number of Topliss-reactive ketones (excluding diaryl/α,β-unsaturated/α-hetero) is 1. The Morgan fingerprint density at radius 3 is 2.50 bits per heavy atom. The van der Waals surface area contributed by atoms with Crippen LogP contribution in [0, 0.1) is 5.92 Å². The Morgan fingerprint density at radius 2 is 2.12 bits per heavy atom. The molecule has 0 aromatic heterocycles. The summed E-state index contributed by atoms with van der Waals surface area (Å²) in [5, 5.41) is 0. The molecule has 1 rings (SSSR count). The van der Waals surface area contributed by atoms with Gasteiger partial charge in [0.2, 0.25) is 0 Å². The zero-order valence-corrected chi connectivity index (χ0v) is 10.1. The van der Waals surface area contributed by atoms with Gasteiger partial charge in [-0.2, -0.15) is 0 Å². The van der Waals surface area contributed by atoms with Gasteiger partial charge in [0.25, 0.3) is 0 Å². The fourth-order valence-corrected chi connectivity index (χ4v) is 1.74. The summed E-state index contributed by atoms with van der Waals surface area (Å²) in [5.74, 6) is -1.78. The number of esters is 1. The molecule has 1 aliphatic heterocycles. The average molecular weight is 230 g/mol. The van der Waals surface area contributed by atoms with Gasteiger partial charge in [0.1, 0.15) is 5.78 Å². The largest absolute Gasteiger partial charge is 0.469 e. The van der Waals surface area contributed by atoms with Crippen molar-refractivity contribution >= 4 is 11.8 Å². The molecule has 0 aromatic carbocycles. The van der Waals surface area contributed by atoms with Crippen LogP contribution in [0.3, 0.4) is 0 Å². The average Bonchev–Trinajstić information content (AvgIpc) is 2.53. The molecule has 5 nitrogen and oxygen atoms in total. The van der Waals surface area contributed by atoms with Gasteiger partial charge < -0.3 is 19.0 Å². The third-order valence-corrected chi connectivity index (χ3v) is 2.49. The number of rotatable bonds is 4. The molecule has 5 heteroatoms. The zero-order chi connectivity index (χ0) is 12.3. The normalized spacial score (nSPS) is 25.1. The summed E-state index contributed by atoms with van der Waals surface area (Å²) in [6, 6.07) is 0. The number of carbonyl (C=O) groups is 2. The number of ketones is 1. The molecule has 0 saturated carbocycles. The number of ether oxygens (including phenoxy) is 3. The van der Waals surface area contributed by atoms with Crippen LogP contribution in [0.2, 0.25) is 0 Å². The van der Waals surface area contributed by atoms with Crippen LogP contribution in [0.25, 0.3) is 0 Å². The molecule has 0 amide bonds. The van der Waals surface area contributed by atoms with Crippen molar-refractivity contribution in [3.05, 3.63) is 0 Å². The van der Waals surface area contributed by atoms with Gasteiger partial charge in [-0.05, 0) is 20.8 Å². The molecule has 16 heavy (non-hydrogen) atoms. The van der Waals surface area contributed by atoms with Gasteiger partial charge >= 0.3 is 5.97 Å². The highest BCUT2D eigenvalue weighted by molar-refractivity contribution is 5.83. The van der Waals surface area contributed by atoms with Gasteiger partial charge in [-0.25, -0.2) is 0 Å². The van der Waals surface area contributed by atoms with Gasteiger partial charge in [0.05, 0.1) is 25.7 Å². The standard InChI is InChI=1S/C11H18O5/c1-7(12)5-8(10(13)14-4)9-6-15-11(2,3)16-9/h8-9H,5-6H2,1-4H3. The summed E-state index contributed by atoms with van der Waals surface area (Å²) in [5.41, 5.74) is 0. The molecule has 92 valence electrons. The second kappa shape index (κ2) is 4.93. The van der Waals surface area contributed by atoms with Crippen molar-refractivity contribution in [1.29, 1.82) is 0 Å². The van der Waals surface area contributed by atoms with Crippen LogP contribution in [0.4, 0.5) is 0 Å². The summed E-state index contributed by atoms with van der Waals surface area (Å²) in [7, 11) is 1.30. The van der Waals surface area contributed by atoms with E-state index in [-0.39, 0.29) is 12.2 Å². The Bertz CT molecular complexity index is 284. The maximum atomic E-state index is 11.5. The van der Waals surface area contributed by atoms with Crippen molar-refractivity contribution in [3.63, 3.8) is 0 Å². The Labute approximate surface area is 95.0 Å². The van der Waals surface area contributed by atoms with Crippen LogP contribution < -0.4 is 0 Å². The molecule has 2 unspecified atom stereocenters. The molecule has 0 N–H and O–H groups in total. The van der Waals surface area contributed by atoms with E-state index in [2.05, 4.69) is 4.74 Å². The van der Waals surface area contributed by atoms with Gasteiger partial charge in [0.15, 0.2) is 5.79 Å². The lowest BCUT2D eigenvalue weighted by molar-refractivity contribution is -0.163. The lowest BCUT2D eigenvalue weighted by Crippen LogP contribution is -2.34. The van der Waals surface area contributed by atoms with E-state index in [0.717, 1.165) is 0 Å². The first kappa shape index (κ1) is 13.1. The first-order valence-corrected chi connectivity index (χ1v) is 5.25. The van der Waals surface area contributed by atoms with Crippen molar-refractivity contribution in [3.8, 4) is 0 Å². The van der Waals surface area contributed by atoms with E-state index >= 15 is 0 Å². The van der Waals surface area contributed by atoms with Crippen LogP contribution in [0.15, 0.2) is 0 Å². The number of hydrogen-bond donors (Lipinski definition) is 0. The fourth-order valence-electron chi connectivity index (χ4n) is 1.74. The molecule has 0 aliphatic carbocycles. The maximum absolute atomic E-state index is 11.5. The molecular formula is C11H18O5. The van der Waals surface area contributed by atoms with E-state index < -0.39 is 23.8 Å². The first-order valence-electron chi connectivity index (χ1n) is 5.25. The molecular weight excluding hydrogens is 212 g/mol. The zero-order valence-electron chi connectivity index (χ0n) is 10.1. The summed E-state index contributed by atoms with van der Waals surface area (Å²) in [4.78, 5) is 22.6. The lowest BCUT2D eigenvalue weighted by Gasteiger charge is -2.21. The minimum Gasteiger partial charge on any atom is -0.469 e. The summed E-state index contributed by atoms with van der Waals surface area (Å²) in [6.45, 7) is 5.29. The maximum Gasteiger partial charge on any atom is 0.311 e. The van der Waals surface area contributed by atoms with Crippen LogP contribution in [-0.2, 0) is 23.8 Å². The number of hydrogen-bond acceptors (Lipinski definition) is 5. The van der Waals surface area contributed by atoms with Crippen molar-refractivity contribution < 1.29 is 23.8 Å². The predicted octanol–water partition coefficient (Wildman–Crippen LogP) is 0.906. The molecule has 2 atom stereocenters. The summed E-state index contributed by atoms with van der Waals surface area (Å²) >= 11 is 0. The third-order valence-electron chi connectivity index (χ3n) is 2.49. The lowest BCUT2D eigenvalue weighted by atomic mass is 9.97. The second-order valence-electron chi connectivity index (χ2n) is 4.40. The highest BCUT2D eigenvalue weighted by Gasteiger charge is 2.41. The molecule has 1 saturated heterocycles. The van der Waals surface area contributed by atoms with E-state index in [1.165, 1.54) is 14.0 Å². The summed E-state index contributed by atoms with van der Waals surface area (Å²) in [6.07, 6.45) is -0.289. The minimum absolute atomic E-state index is 0.0660. The minimum atomic E-state index is -0.701. The Balaban J connectivity index is 2.70. The summed E-state index contributed by atoms with van der Waals surface area (Å²) < 4.78 is 15.6. The molecule has 0 spiro atoms. The SMILES string of the molecule is COC(=O)C(CC(C)=O)C1COC(C)(C)O1. The van der Waals surface area contributed by atoms with E-state index in [4.69, 9.17) is 9.47 Å². The molecule has 1 aliphatic rings. The Hall–Kier alpha value is -0.940. The quantitative estimate of drug-likeness (QED) is 0.672. The van der Waals surface area contributed by atoms with Crippen LogP contribution in [0.5, 0.6) is 0 Å². The number of carbonyl (C=O) groups excluding carboxylic acids is 2. The van der Waals surface area contributed by atoms with E-state index in [1.807, 2.05) is 0 Å². The molecule has 1 heterocycles. The smallest absolute Gasteiger partial charge is 0.311 e. The molecule has 1 fully saturated rings. The van der Waals surface area contributed by atoms with Crippen molar-refractivity contribution in [2.75, 3.05) is 13.7 Å². The molecule has 0 bridgehead atoms. The van der Waals surface area contributed by atoms with E-state index in [0.29, 0.717) is 6.61 Å². The highest BCUT2D eigenvalue weighted by atomic mass is 16.7. The van der Waals surface area contributed by atoms with Gasteiger partial charge in [-0.3, -0.25) is 4.79 Å².